The average molecular weight is 492 g/mol. The molecule has 4 aromatic rings. The van der Waals surface area contributed by atoms with E-state index in [0.717, 1.165) is 33.4 Å². The predicted octanol–water partition coefficient (Wildman–Crippen LogP) is 5.57. The summed E-state index contributed by atoms with van der Waals surface area (Å²) < 4.78 is 10.3. The Morgan fingerprint density at radius 1 is 0.703 bits per heavy atom. The highest BCUT2D eigenvalue weighted by molar-refractivity contribution is 5.86. The van der Waals surface area contributed by atoms with Crippen molar-refractivity contribution in [2.45, 2.75) is 24.5 Å². The number of hydrogen-bond acceptors (Lipinski definition) is 5. The van der Waals surface area contributed by atoms with Gasteiger partial charge in [-0.3, -0.25) is 14.5 Å². The van der Waals surface area contributed by atoms with E-state index in [-0.39, 0.29) is 6.42 Å². The Kier molecular flexibility index (Phi) is 6.89. The highest BCUT2D eigenvalue weighted by Crippen LogP contribution is 2.55. The van der Waals surface area contributed by atoms with Crippen molar-refractivity contribution in [3.05, 3.63) is 131 Å². The molecule has 1 aliphatic carbocycles. The van der Waals surface area contributed by atoms with Crippen LogP contribution in [0.25, 0.3) is 11.1 Å². The fourth-order valence-electron chi connectivity index (χ4n) is 5.62. The second kappa shape index (κ2) is 10.4. The number of methoxy groups -OCH3 is 2. The number of carbonyl (C=O) groups excluding carboxylic acids is 2. The van der Waals surface area contributed by atoms with E-state index in [9.17, 15) is 9.59 Å². The van der Waals surface area contributed by atoms with E-state index in [1.54, 1.807) is 0 Å². The van der Waals surface area contributed by atoms with Gasteiger partial charge in [-0.15, -0.1) is 0 Å². The van der Waals surface area contributed by atoms with Crippen LogP contribution < -0.4 is 0 Å². The maximum absolute atomic E-state index is 13.5. The Labute approximate surface area is 217 Å². The molecule has 0 heterocycles. The molecule has 0 aliphatic heterocycles. The highest BCUT2D eigenvalue weighted by Gasteiger charge is 2.52. The Morgan fingerprint density at radius 3 is 1.76 bits per heavy atom. The van der Waals surface area contributed by atoms with Gasteiger partial charge in [0.1, 0.15) is 6.04 Å². The number of carbonyl (C=O) groups is 2. The Bertz CT molecular complexity index is 1360. The third-order valence-electron chi connectivity index (χ3n) is 7.18. The van der Waals surface area contributed by atoms with E-state index in [4.69, 9.17) is 9.47 Å². The lowest BCUT2D eigenvalue weighted by Gasteiger charge is -2.46. The first kappa shape index (κ1) is 24.5. The van der Waals surface area contributed by atoms with Crippen LogP contribution in [-0.4, -0.2) is 37.1 Å². The van der Waals surface area contributed by atoms with Crippen molar-refractivity contribution in [3.63, 3.8) is 0 Å². The molecule has 0 radical (unpaired) electrons. The minimum atomic E-state index is -0.905. The van der Waals surface area contributed by atoms with Crippen LogP contribution in [0.3, 0.4) is 0 Å². The summed E-state index contributed by atoms with van der Waals surface area (Å²) in [7, 11) is 2.70. The second-order valence-corrected chi connectivity index (χ2v) is 9.10. The summed E-state index contributed by atoms with van der Waals surface area (Å²) in [5.74, 6) is -0.963. The number of ether oxygens (including phenoxy) is 2. The number of hydrogen-bond donors (Lipinski definition) is 0. The van der Waals surface area contributed by atoms with Crippen LogP contribution in [0.2, 0.25) is 0 Å². The van der Waals surface area contributed by atoms with Crippen LogP contribution in [-0.2, 0) is 31.1 Å². The van der Waals surface area contributed by atoms with Gasteiger partial charge in [0.15, 0.2) is 0 Å². The van der Waals surface area contributed by atoms with Crippen molar-refractivity contribution in [1.82, 2.24) is 4.90 Å². The zero-order valence-electron chi connectivity index (χ0n) is 21.0. The summed E-state index contributed by atoms with van der Waals surface area (Å²) in [5, 5.41) is 0. The second-order valence-electron chi connectivity index (χ2n) is 9.10. The molecule has 4 aromatic carbocycles. The first-order chi connectivity index (χ1) is 18.1. The van der Waals surface area contributed by atoms with E-state index < -0.39 is 23.5 Å². The molecule has 0 amide bonds. The van der Waals surface area contributed by atoms with Crippen molar-refractivity contribution in [1.29, 1.82) is 0 Å². The van der Waals surface area contributed by atoms with Crippen LogP contribution in [0.5, 0.6) is 0 Å². The van der Waals surface area contributed by atoms with Crippen LogP contribution >= 0.6 is 0 Å². The number of esters is 2. The molecule has 1 atom stereocenters. The molecule has 5 rings (SSSR count). The zero-order valence-corrected chi connectivity index (χ0v) is 21.0. The van der Waals surface area contributed by atoms with Gasteiger partial charge < -0.3 is 9.47 Å². The first-order valence-electron chi connectivity index (χ1n) is 12.3. The molecule has 0 saturated heterocycles. The van der Waals surface area contributed by atoms with Crippen LogP contribution in [0.1, 0.15) is 28.7 Å². The fourth-order valence-corrected chi connectivity index (χ4v) is 5.62. The van der Waals surface area contributed by atoms with Gasteiger partial charge in [-0.05, 0) is 33.4 Å². The molecular weight excluding hydrogens is 462 g/mol. The molecule has 37 heavy (non-hydrogen) atoms. The van der Waals surface area contributed by atoms with Gasteiger partial charge in [0.25, 0.3) is 0 Å². The topological polar surface area (TPSA) is 55.8 Å². The van der Waals surface area contributed by atoms with E-state index in [1.807, 2.05) is 72.8 Å². The lowest BCUT2D eigenvalue weighted by atomic mass is 9.77. The van der Waals surface area contributed by atoms with Crippen molar-refractivity contribution >= 4 is 11.9 Å². The molecule has 1 unspecified atom stereocenters. The quantitative estimate of drug-likeness (QED) is 0.302. The summed E-state index contributed by atoms with van der Waals surface area (Å²) in [6, 6.07) is 35.8. The van der Waals surface area contributed by atoms with Crippen molar-refractivity contribution in [2.24, 2.45) is 0 Å². The third-order valence-corrected chi connectivity index (χ3v) is 7.18. The molecular formula is C32H29NO4. The third kappa shape index (κ3) is 4.21. The molecule has 0 fully saturated rings. The Morgan fingerprint density at radius 2 is 1.22 bits per heavy atom. The molecule has 0 N–H and O–H groups in total. The summed E-state index contributed by atoms with van der Waals surface area (Å²) >= 11 is 0. The van der Waals surface area contributed by atoms with E-state index in [2.05, 4.69) is 41.3 Å². The van der Waals surface area contributed by atoms with Gasteiger partial charge >= 0.3 is 11.9 Å². The number of fused-ring (bicyclic) bond motifs is 3. The van der Waals surface area contributed by atoms with E-state index in [0.29, 0.717) is 6.54 Å². The molecule has 5 heteroatoms. The van der Waals surface area contributed by atoms with Gasteiger partial charge in [0.2, 0.25) is 0 Å². The van der Waals surface area contributed by atoms with Gasteiger partial charge in [-0.1, -0.05) is 109 Å². The van der Waals surface area contributed by atoms with Gasteiger partial charge in [-0.2, -0.15) is 0 Å². The lowest BCUT2D eigenvalue weighted by Crippen LogP contribution is -2.55. The largest absolute Gasteiger partial charge is 0.469 e. The van der Waals surface area contributed by atoms with Crippen molar-refractivity contribution in [3.8, 4) is 11.1 Å². The summed E-state index contributed by atoms with van der Waals surface area (Å²) in [5.41, 5.74) is 5.45. The SMILES string of the molecule is COC(=O)CC(C(=O)OC)N(Cc1ccccc1)C1(c2ccccc2)c2ccccc2-c2ccccc21. The zero-order chi connectivity index (χ0) is 25.8. The summed E-state index contributed by atoms with van der Waals surface area (Å²) in [4.78, 5) is 28.3. The van der Waals surface area contributed by atoms with Crippen LogP contribution in [0, 0.1) is 0 Å². The summed E-state index contributed by atoms with van der Waals surface area (Å²) in [6.45, 7) is 0.398. The number of nitrogens with zero attached hydrogens (tertiary/aromatic N) is 1. The van der Waals surface area contributed by atoms with Crippen molar-refractivity contribution < 1.29 is 19.1 Å². The van der Waals surface area contributed by atoms with Gasteiger partial charge in [-0.25, -0.2) is 0 Å². The van der Waals surface area contributed by atoms with Gasteiger partial charge in [0.05, 0.1) is 26.2 Å². The minimum Gasteiger partial charge on any atom is -0.469 e. The molecule has 186 valence electrons. The molecule has 5 nitrogen and oxygen atoms in total. The normalized spacial score (nSPS) is 13.9. The number of rotatable bonds is 8. The molecule has 0 aromatic heterocycles. The Balaban J connectivity index is 1.86. The standard InChI is InChI=1S/C32H29NO4/c1-36-30(34)21-29(31(35)37-2)33(22-23-13-5-3-6-14-23)32(24-15-7-4-8-16-24)27-19-11-9-17-25(27)26-18-10-12-20-28(26)32/h3-20,29H,21-22H2,1-2H3. The maximum Gasteiger partial charge on any atom is 0.323 e. The van der Waals surface area contributed by atoms with E-state index >= 15 is 0 Å². The molecule has 0 bridgehead atoms. The number of benzene rings is 4. The lowest BCUT2D eigenvalue weighted by molar-refractivity contribution is -0.155. The minimum absolute atomic E-state index is 0.144. The summed E-state index contributed by atoms with van der Waals surface area (Å²) in [6.07, 6.45) is -0.144. The smallest absolute Gasteiger partial charge is 0.323 e. The van der Waals surface area contributed by atoms with Crippen LogP contribution in [0.4, 0.5) is 0 Å². The first-order valence-corrected chi connectivity index (χ1v) is 12.3. The maximum atomic E-state index is 13.5. The van der Waals surface area contributed by atoms with E-state index in [1.165, 1.54) is 14.2 Å². The average Bonchev–Trinajstić information content (AvgIpc) is 3.26. The Hall–Kier alpha value is -4.22. The highest BCUT2D eigenvalue weighted by atomic mass is 16.5. The monoisotopic (exact) mass is 491 g/mol. The van der Waals surface area contributed by atoms with Gasteiger partial charge in [0, 0.05) is 6.54 Å². The van der Waals surface area contributed by atoms with Crippen LogP contribution in [0.15, 0.2) is 109 Å². The molecule has 0 spiro atoms. The van der Waals surface area contributed by atoms with Crippen molar-refractivity contribution in [2.75, 3.05) is 14.2 Å². The fraction of sp³-hybridized carbons (Fsp3) is 0.188. The predicted molar refractivity (Wildman–Crippen MR) is 143 cm³/mol. The molecule has 0 saturated carbocycles. The molecule has 1 aliphatic rings.